The van der Waals surface area contributed by atoms with Gasteiger partial charge in [0.1, 0.15) is 0 Å². The molecular formula is C12H20N4O. The van der Waals surface area contributed by atoms with Crippen molar-refractivity contribution < 1.29 is 4.74 Å². The number of aromatic nitrogens is 2. The average Bonchev–Trinajstić information content (AvgIpc) is 2.79. The van der Waals surface area contributed by atoms with Gasteiger partial charge in [-0.05, 0) is 19.8 Å². The molecule has 1 heterocycles. The topological polar surface area (TPSA) is 73.1 Å². The highest BCUT2D eigenvalue weighted by molar-refractivity contribution is 5.32. The molecule has 1 fully saturated rings. The molecule has 1 aliphatic rings. The van der Waals surface area contributed by atoms with Crippen LogP contribution in [0.5, 0.6) is 5.88 Å². The van der Waals surface area contributed by atoms with Crippen LogP contribution in [0.4, 0.5) is 5.95 Å². The third kappa shape index (κ3) is 2.85. The molecule has 0 bridgehead atoms. The molecule has 1 saturated carbocycles. The predicted octanol–water partition coefficient (Wildman–Crippen LogP) is 1.56. The Hall–Kier alpha value is -1.36. The van der Waals surface area contributed by atoms with Gasteiger partial charge in [0.05, 0.1) is 12.1 Å². The highest BCUT2D eigenvalue weighted by Crippen LogP contribution is 2.31. The van der Waals surface area contributed by atoms with Crippen molar-refractivity contribution >= 4 is 5.95 Å². The van der Waals surface area contributed by atoms with Gasteiger partial charge in [0.15, 0.2) is 0 Å². The van der Waals surface area contributed by atoms with Crippen molar-refractivity contribution in [1.29, 1.82) is 0 Å². The summed E-state index contributed by atoms with van der Waals surface area (Å²) >= 11 is 0. The second-order valence-electron chi connectivity index (χ2n) is 4.47. The minimum absolute atomic E-state index is 0.0230. The van der Waals surface area contributed by atoms with Crippen LogP contribution in [0.15, 0.2) is 12.3 Å². The lowest BCUT2D eigenvalue weighted by Crippen LogP contribution is -2.43. The quantitative estimate of drug-likeness (QED) is 0.811. The number of nitrogens with two attached hydrogens (primary N) is 1. The maximum absolute atomic E-state index is 5.86. The summed E-state index contributed by atoms with van der Waals surface area (Å²) in [6, 6.07) is 1.76. The second-order valence-corrected chi connectivity index (χ2v) is 4.47. The van der Waals surface area contributed by atoms with Crippen LogP contribution < -0.4 is 15.8 Å². The van der Waals surface area contributed by atoms with Gasteiger partial charge in [0, 0.05) is 18.8 Å². The molecule has 1 aromatic rings. The first-order chi connectivity index (χ1) is 8.28. The minimum Gasteiger partial charge on any atom is -0.478 e. The molecule has 0 aromatic carbocycles. The average molecular weight is 236 g/mol. The molecule has 1 aromatic heterocycles. The lowest BCUT2D eigenvalue weighted by molar-refractivity contribution is 0.326. The fourth-order valence-electron chi connectivity index (χ4n) is 2.30. The molecule has 0 radical (unpaired) electrons. The predicted molar refractivity (Wildman–Crippen MR) is 67.1 cm³/mol. The van der Waals surface area contributed by atoms with Gasteiger partial charge in [-0.2, -0.15) is 4.98 Å². The van der Waals surface area contributed by atoms with Crippen molar-refractivity contribution in [3.63, 3.8) is 0 Å². The lowest BCUT2D eigenvalue weighted by atomic mass is 9.98. The van der Waals surface area contributed by atoms with Crippen LogP contribution in [-0.4, -0.2) is 28.7 Å². The summed E-state index contributed by atoms with van der Waals surface area (Å²) in [5, 5.41) is 3.38. The molecule has 94 valence electrons. The van der Waals surface area contributed by atoms with Crippen LogP contribution >= 0.6 is 0 Å². The Morgan fingerprint density at radius 1 is 1.47 bits per heavy atom. The first kappa shape index (κ1) is 12.1. The SMILES string of the molecule is CCOc1ccnc(NC2(CN)CCCC2)n1. The van der Waals surface area contributed by atoms with E-state index in [-0.39, 0.29) is 5.54 Å². The first-order valence-corrected chi connectivity index (χ1v) is 6.22. The molecule has 0 spiro atoms. The highest BCUT2D eigenvalue weighted by Gasteiger charge is 2.32. The minimum atomic E-state index is -0.0230. The van der Waals surface area contributed by atoms with Crippen LogP contribution in [0.2, 0.25) is 0 Å². The Morgan fingerprint density at radius 2 is 2.24 bits per heavy atom. The molecule has 17 heavy (non-hydrogen) atoms. The summed E-state index contributed by atoms with van der Waals surface area (Å²) in [5.41, 5.74) is 5.84. The number of nitrogens with zero attached hydrogens (tertiary/aromatic N) is 2. The summed E-state index contributed by atoms with van der Waals surface area (Å²) in [6.07, 6.45) is 6.32. The summed E-state index contributed by atoms with van der Waals surface area (Å²) in [6.45, 7) is 3.17. The van der Waals surface area contributed by atoms with E-state index in [4.69, 9.17) is 10.5 Å². The van der Waals surface area contributed by atoms with Gasteiger partial charge >= 0.3 is 0 Å². The maximum atomic E-state index is 5.86. The number of hydrogen-bond acceptors (Lipinski definition) is 5. The van der Waals surface area contributed by atoms with Crippen LogP contribution in [-0.2, 0) is 0 Å². The third-order valence-electron chi connectivity index (χ3n) is 3.25. The van der Waals surface area contributed by atoms with Gasteiger partial charge in [0.25, 0.3) is 0 Å². The molecule has 0 saturated heterocycles. The standard InChI is InChI=1S/C12H20N4O/c1-2-17-10-5-8-14-11(15-10)16-12(9-13)6-3-4-7-12/h5,8H,2-4,6-7,9,13H2,1H3,(H,14,15,16). The smallest absolute Gasteiger partial charge is 0.226 e. The summed E-state index contributed by atoms with van der Waals surface area (Å²) < 4.78 is 5.36. The summed E-state index contributed by atoms with van der Waals surface area (Å²) in [7, 11) is 0. The van der Waals surface area contributed by atoms with Gasteiger partial charge in [-0.15, -0.1) is 0 Å². The van der Waals surface area contributed by atoms with Gasteiger partial charge in [0.2, 0.25) is 11.8 Å². The van der Waals surface area contributed by atoms with Crippen molar-refractivity contribution in [2.75, 3.05) is 18.5 Å². The van der Waals surface area contributed by atoms with Crippen LogP contribution in [0.1, 0.15) is 32.6 Å². The summed E-state index contributed by atoms with van der Waals surface area (Å²) in [4.78, 5) is 8.54. The van der Waals surface area contributed by atoms with E-state index < -0.39 is 0 Å². The molecule has 5 nitrogen and oxygen atoms in total. The monoisotopic (exact) mass is 236 g/mol. The Morgan fingerprint density at radius 3 is 2.88 bits per heavy atom. The Balaban J connectivity index is 2.09. The van der Waals surface area contributed by atoms with Gasteiger partial charge in [-0.1, -0.05) is 12.8 Å². The van der Waals surface area contributed by atoms with E-state index >= 15 is 0 Å². The fourth-order valence-corrected chi connectivity index (χ4v) is 2.30. The Labute approximate surface area is 102 Å². The first-order valence-electron chi connectivity index (χ1n) is 6.22. The van der Waals surface area contributed by atoms with E-state index in [9.17, 15) is 0 Å². The molecule has 0 aliphatic heterocycles. The molecule has 0 amide bonds. The van der Waals surface area contributed by atoms with Crippen molar-refractivity contribution in [2.45, 2.75) is 38.1 Å². The molecule has 2 rings (SSSR count). The van der Waals surface area contributed by atoms with Crippen molar-refractivity contribution in [3.8, 4) is 5.88 Å². The van der Waals surface area contributed by atoms with Gasteiger partial charge in [-0.25, -0.2) is 4.98 Å². The second kappa shape index (κ2) is 5.31. The van der Waals surface area contributed by atoms with E-state index in [0.29, 0.717) is 25.0 Å². The van der Waals surface area contributed by atoms with E-state index in [1.165, 1.54) is 12.8 Å². The lowest BCUT2D eigenvalue weighted by Gasteiger charge is -2.28. The largest absolute Gasteiger partial charge is 0.478 e. The number of anilines is 1. The molecule has 1 aliphatic carbocycles. The zero-order valence-electron chi connectivity index (χ0n) is 10.3. The molecule has 0 atom stereocenters. The maximum Gasteiger partial charge on any atom is 0.226 e. The number of nitrogens with one attached hydrogen (secondary N) is 1. The molecule has 5 heteroatoms. The zero-order valence-corrected chi connectivity index (χ0v) is 10.3. The molecule has 0 unspecified atom stereocenters. The number of hydrogen-bond donors (Lipinski definition) is 2. The van der Waals surface area contributed by atoms with Gasteiger partial charge in [-0.3, -0.25) is 0 Å². The Bertz CT molecular complexity index is 363. The van der Waals surface area contributed by atoms with E-state index in [1.807, 2.05) is 6.92 Å². The van der Waals surface area contributed by atoms with E-state index in [2.05, 4.69) is 15.3 Å². The number of rotatable bonds is 5. The molecular weight excluding hydrogens is 216 g/mol. The number of ether oxygens (including phenoxy) is 1. The zero-order chi connectivity index (χ0) is 12.1. The fraction of sp³-hybridized carbons (Fsp3) is 0.667. The normalized spacial score (nSPS) is 18.0. The van der Waals surface area contributed by atoms with Crippen LogP contribution in [0.3, 0.4) is 0 Å². The van der Waals surface area contributed by atoms with Crippen molar-refractivity contribution in [1.82, 2.24) is 9.97 Å². The third-order valence-corrected chi connectivity index (χ3v) is 3.25. The molecule has 3 N–H and O–H groups in total. The van der Waals surface area contributed by atoms with Crippen molar-refractivity contribution in [3.05, 3.63) is 12.3 Å². The Kier molecular flexibility index (Phi) is 3.78. The van der Waals surface area contributed by atoms with Gasteiger partial charge < -0.3 is 15.8 Å². The van der Waals surface area contributed by atoms with Crippen LogP contribution in [0.25, 0.3) is 0 Å². The summed E-state index contributed by atoms with van der Waals surface area (Å²) in [5.74, 6) is 1.22. The highest BCUT2D eigenvalue weighted by atomic mass is 16.5. The van der Waals surface area contributed by atoms with E-state index in [0.717, 1.165) is 12.8 Å². The van der Waals surface area contributed by atoms with E-state index in [1.54, 1.807) is 12.3 Å². The van der Waals surface area contributed by atoms with Crippen LogP contribution in [0, 0.1) is 0 Å². The van der Waals surface area contributed by atoms with Crippen molar-refractivity contribution in [2.24, 2.45) is 5.73 Å².